The number of hydrogen-bond donors (Lipinski definition) is 3. The van der Waals surface area contributed by atoms with Crippen LogP contribution < -0.4 is 0 Å². The minimum Gasteiger partial charge on any atom is -0.388 e. The molecule has 0 bridgehead atoms. The lowest BCUT2D eigenvalue weighted by Crippen LogP contribution is -2.37. The van der Waals surface area contributed by atoms with E-state index in [0.717, 1.165) is 0 Å². The first-order chi connectivity index (χ1) is 5.50. The molecule has 5 heteroatoms. The van der Waals surface area contributed by atoms with E-state index in [1.807, 2.05) is 0 Å². The van der Waals surface area contributed by atoms with Crippen LogP contribution in [0.25, 0.3) is 0 Å². The molecule has 70 valence electrons. The molecule has 0 rings (SSSR count). The highest BCUT2D eigenvalue weighted by Gasteiger charge is 2.22. The number of hydrogen-bond acceptors (Lipinski definition) is 5. The Morgan fingerprint density at radius 3 is 2.33 bits per heavy atom. The van der Waals surface area contributed by atoms with Gasteiger partial charge in [0.05, 0.1) is 0 Å². The van der Waals surface area contributed by atoms with Crippen molar-refractivity contribution in [3.63, 3.8) is 0 Å². The highest BCUT2D eigenvalue weighted by molar-refractivity contribution is 5.87. The molecule has 2 atom stereocenters. The smallest absolute Gasteiger partial charge is 0.119 e. The van der Waals surface area contributed by atoms with Crippen molar-refractivity contribution in [2.75, 3.05) is 6.54 Å². The molecule has 0 saturated carbocycles. The zero-order valence-electron chi connectivity index (χ0n) is 7.19. The van der Waals surface area contributed by atoms with Crippen LogP contribution >= 0.6 is 0 Å². The molecule has 0 saturated heterocycles. The minimum absolute atomic E-state index is 0.0196. The van der Waals surface area contributed by atoms with Gasteiger partial charge in [-0.3, -0.25) is 0 Å². The predicted molar refractivity (Wildman–Crippen MR) is 45.2 cm³/mol. The summed E-state index contributed by atoms with van der Waals surface area (Å²) in [6.45, 7) is 3.08. The van der Waals surface area contributed by atoms with E-state index in [9.17, 15) is 10.0 Å². The van der Waals surface area contributed by atoms with Crippen molar-refractivity contribution in [1.82, 2.24) is 0 Å². The van der Waals surface area contributed by atoms with Gasteiger partial charge in [-0.25, -0.2) is 0 Å². The van der Waals surface area contributed by atoms with Crippen LogP contribution in [-0.4, -0.2) is 34.7 Å². The molecule has 0 aliphatic heterocycles. The van der Waals surface area contributed by atoms with Gasteiger partial charge < -0.3 is 15.6 Å². The molecule has 0 heterocycles. The number of nitroso groups, excluding NO2 is 1. The van der Waals surface area contributed by atoms with Gasteiger partial charge in [0.15, 0.2) is 0 Å². The fraction of sp³-hybridized carbons (Fsp3) is 0.857. The molecule has 3 N–H and O–H groups in total. The van der Waals surface area contributed by atoms with Crippen LogP contribution in [0.2, 0.25) is 0 Å². The van der Waals surface area contributed by atoms with Crippen molar-refractivity contribution in [3.8, 4) is 0 Å². The normalized spacial score (nSPS) is 15.8. The van der Waals surface area contributed by atoms with Gasteiger partial charge in [0, 0.05) is 5.71 Å². The minimum atomic E-state index is -1.28. The second-order valence-electron chi connectivity index (χ2n) is 2.93. The topological polar surface area (TPSA) is 93.7 Å². The van der Waals surface area contributed by atoms with Crippen LogP contribution in [0.15, 0.2) is 5.18 Å². The van der Waals surface area contributed by atoms with Crippen LogP contribution in [0.4, 0.5) is 0 Å². The Labute approximate surface area is 70.9 Å². The van der Waals surface area contributed by atoms with Gasteiger partial charge in [-0.2, -0.15) is 4.91 Å². The molecule has 0 amide bonds. The third-order valence-electron chi connectivity index (χ3n) is 1.57. The average molecular weight is 174 g/mol. The number of aliphatic hydroxyl groups excluding tert-OH is 2. The van der Waals surface area contributed by atoms with E-state index in [-0.39, 0.29) is 18.2 Å². The van der Waals surface area contributed by atoms with Gasteiger partial charge in [0.2, 0.25) is 0 Å². The Morgan fingerprint density at radius 1 is 1.50 bits per heavy atom. The van der Waals surface area contributed by atoms with E-state index in [4.69, 9.17) is 10.5 Å². The highest BCUT2D eigenvalue weighted by Crippen LogP contribution is 2.04. The maximum absolute atomic E-state index is 9.72. The second-order valence-corrected chi connectivity index (χ2v) is 2.93. The Hall–Kier alpha value is -0.810. The SMILES string of the molecule is CC(C)C(=N)C(O)C(O)CN=O. The number of aliphatic hydroxyl groups is 2. The maximum atomic E-state index is 9.72. The fourth-order valence-corrected chi connectivity index (χ4v) is 0.725. The zero-order valence-corrected chi connectivity index (χ0v) is 7.19. The number of nitrogens with zero attached hydrogens (tertiary/aromatic N) is 1. The van der Waals surface area contributed by atoms with Gasteiger partial charge in [0.1, 0.15) is 18.8 Å². The number of rotatable bonds is 5. The molecule has 0 aromatic heterocycles. The lowest BCUT2D eigenvalue weighted by Gasteiger charge is -2.18. The third-order valence-corrected chi connectivity index (χ3v) is 1.57. The molecular weight excluding hydrogens is 160 g/mol. The zero-order chi connectivity index (χ0) is 9.72. The highest BCUT2D eigenvalue weighted by atomic mass is 16.3. The summed E-state index contributed by atoms with van der Waals surface area (Å²) in [5, 5.41) is 28.0. The van der Waals surface area contributed by atoms with Gasteiger partial charge >= 0.3 is 0 Å². The standard InChI is InChI=1S/C7H14N2O3/c1-4(2)6(8)7(11)5(10)3-9-12/h4-5,7-8,10-11H,3H2,1-2H3. The van der Waals surface area contributed by atoms with E-state index < -0.39 is 12.2 Å². The van der Waals surface area contributed by atoms with Crippen molar-refractivity contribution in [3.05, 3.63) is 4.91 Å². The number of nitrogens with one attached hydrogen (secondary N) is 1. The average Bonchev–Trinajstić information content (AvgIpc) is 2.02. The Kier molecular flexibility index (Phi) is 4.61. The Balaban J connectivity index is 4.08. The van der Waals surface area contributed by atoms with Crippen LogP contribution in [0.3, 0.4) is 0 Å². The van der Waals surface area contributed by atoms with E-state index in [0.29, 0.717) is 0 Å². The predicted octanol–water partition coefficient (Wildman–Crippen LogP) is 0.150. The molecule has 2 unspecified atom stereocenters. The molecule has 0 fully saturated rings. The molecule has 0 aromatic rings. The first-order valence-corrected chi connectivity index (χ1v) is 3.74. The van der Waals surface area contributed by atoms with E-state index in [1.54, 1.807) is 13.8 Å². The van der Waals surface area contributed by atoms with E-state index >= 15 is 0 Å². The Morgan fingerprint density at radius 2 is 2.00 bits per heavy atom. The van der Waals surface area contributed by atoms with Crippen molar-refractivity contribution in [2.45, 2.75) is 26.1 Å². The molecule has 12 heavy (non-hydrogen) atoms. The van der Waals surface area contributed by atoms with Crippen LogP contribution in [0, 0.1) is 16.2 Å². The summed E-state index contributed by atoms with van der Waals surface area (Å²) in [4.78, 5) is 9.72. The van der Waals surface area contributed by atoms with E-state index in [1.165, 1.54) is 0 Å². The molecule has 0 aliphatic carbocycles. The first-order valence-electron chi connectivity index (χ1n) is 3.74. The van der Waals surface area contributed by atoms with Crippen molar-refractivity contribution in [2.24, 2.45) is 11.1 Å². The second kappa shape index (κ2) is 4.95. The maximum Gasteiger partial charge on any atom is 0.119 e. The van der Waals surface area contributed by atoms with Crippen molar-refractivity contribution >= 4 is 5.71 Å². The van der Waals surface area contributed by atoms with Crippen molar-refractivity contribution < 1.29 is 10.2 Å². The largest absolute Gasteiger partial charge is 0.388 e. The van der Waals surface area contributed by atoms with Crippen LogP contribution in [-0.2, 0) is 0 Å². The van der Waals surface area contributed by atoms with Gasteiger partial charge in [-0.15, -0.1) is 0 Å². The summed E-state index contributed by atoms with van der Waals surface area (Å²) in [6, 6.07) is 0. The molecule has 0 aliphatic rings. The molecule has 5 nitrogen and oxygen atoms in total. The summed E-state index contributed by atoms with van der Waals surface area (Å²) in [7, 11) is 0. The van der Waals surface area contributed by atoms with Crippen LogP contribution in [0.5, 0.6) is 0 Å². The summed E-state index contributed by atoms with van der Waals surface area (Å²) in [5.41, 5.74) is 0.0196. The Bertz CT molecular complexity index is 170. The fourth-order valence-electron chi connectivity index (χ4n) is 0.725. The summed E-state index contributed by atoms with van der Waals surface area (Å²) in [5.74, 6) is -0.138. The van der Waals surface area contributed by atoms with Gasteiger partial charge in [-0.1, -0.05) is 19.0 Å². The van der Waals surface area contributed by atoms with Crippen molar-refractivity contribution in [1.29, 1.82) is 5.41 Å². The lowest BCUT2D eigenvalue weighted by molar-refractivity contribution is 0.0637. The summed E-state index contributed by atoms with van der Waals surface area (Å²) in [6.07, 6.45) is -2.53. The summed E-state index contributed by atoms with van der Waals surface area (Å²) < 4.78 is 0. The van der Waals surface area contributed by atoms with Crippen LogP contribution in [0.1, 0.15) is 13.8 Å². The molecule has 0 spiro atoms. The third kappa shape index (κ3) is 3.06. The molecular formula is C7H14N2O3. The lowest BCUT2D eigenvalue weighted by atomic mass is 9.99. The monoisotopic (exact) mass is 174 g/mol. The van der Waals surface area contributed by atoms with Gasteiger partial charge in [0.25, 0.3) is 0 Å². The molecule has 0 aromatic carbocycles. The van der Waals surface area contributed by atoms with E-state index in [2.05, 4.69) is 5.18 Å². The quantitative estimate of drug-likeness (QED) is 0.409. The first kappa shape index (κ1) is 11.2. The molecule has 0 radical (unpaired) electrons. The summed E-state index contributed by atoms with van der Waals surface area (Å²) >= 11 is 0. The van der Waals surface area contributed by atoms with Gasteiger partial charge in [-0.05, 0) is 5.92 Å².